The lowest BCUT2D eigenvalue weighted by Gasteiger charge is -2.20. The summed E-state index contributed by atoms with van der Waals surface area (Å²) in [7, 11) is 2.20. The molecule has 1 heterocycles. The third kappa shape index (κ3) is 1.12. The Kier molecular flexibility index (Phi) is 1.97. The first-order valence-corrected chi connectivity index (χ1v) is 5.94. The zero-order valence-corrected chi connectivity index (χ0v) is 10.1. The molecule has 0 bridgehead atoms. The van der Waals surface area contributed by atoms with E-state index in [0.717, 1.165) is 0 Å². The van der Waals surface area contributed by atoms with Crippen LogP contribution in [0.4, 0.5) is 5.69 Å². The number of fused-ring (bicyclic) bond motifs is 3. The molecule has 2 aromatic carbocycles. The van der Waals surface area contributed by atoms with Gasteiger partial charge in [0.1, 0.15) is 0 Å². The third-order valence-electron chi connectivity index (χ3n) is 4.12. The van der Waals surface area contributed by atoms with Crippen molar-refractivity contribution in [1.82, 2.24) is 0 Å². The minimum absolute atomic E-state index is 0.598. The van der Waals surface area contributed by atoms with Crippen LogP contribution in [0, 0.1) is 0 Å². The fourth-order valence-corrected chi connectivity index (χ4v) is 2.87. The zero-order chi connectivity index (χ0) is 11.3. The van der Waals surface area contributed by atoms with Gasteiger partial charge in [-0.05, 0) is 29.3 Å². The highest BCUT2D eigenvalue weighted by Gasteiger charge is 2.31. The van der Waals surface area contributed by atoms with Crippen molar-refractivity contribution in [2.45, 2.75) is 25.8 Å². The van der Waals surface area contributed by atoms with Crippen LogP contribution in [0.2, 0.25) is 0 Å². The van der Waals surface area contributed by atoms with Gasteiger partial charge in [0.2, 0.25) is 0 Å². The summed E-state index contributed by atoms with van der Waals surface area (Å²) < 4.78 is 0. The summed E-state index contributed by atoms with van der Waals surface area (Å²) >= 11 is 0. The number of benzene rings is 2. The first-order chi connectivity index (χ1) is 7.70. The average Bonchev–Trinajstić information content (AvgIpc) is 2.55. The second kappa shape index (κ2) is 3.24. The lowest BCUT2D eigenvalue weighted by Crippen LogP contribution is -2.25. The molecule has 0 N–H and O–H groups in total. The van der Waals surface area contributed by atoms with Gasteiger partial charge in [-0.15, -0.1) is 0 Å². The highest BCUT2D eigenvalue weighted by Crippen LogP contribution is 2.43. The quantitative estimate of drug-likeness (QED) is 0.641. The summed E-state index contributed by atoms with van der Waals surface area (Å²) in [5, 5.41) is 2.78. The van der Waals surface area contributed by atoms with Gasteiger partial charge < -0.3 is 4.90 Å². The summed E-state index contributed by atoms with van der Waals surface area (Å²) in [5.74, 6) is 0.617. The Bertz CT molecular complexity index is 544. The van der Waals surface area contributed by atoms with Gasteiger partial charge in [0.25, 0.3) is 0 Å². The minimum atomic E-state index is 0.598. The van der Waals surface area contributed by atoms with E-state index in [1.54, 1.807) is 0 Å². The SMILES string of the molecule is C[C@@H]1c2c(ccc3ccccc23)N(C)[C@H]1C. The second-order valence-corrected chi connectivity index (χ2v) is 4.86. The van der Waals surface area contributed by atoms with E-state index in [1.165, 1.54) is 22.0 Å². The zero-order valence-electron chi connectivity index (χ0n) is 10.1. The Balaban J connectivity index is 2.36. The molecule has 2 atom stereocenters. The summed E-state index contributed by atoms with van der Waals surface area (Å²) in [6.07, 6.45) is 0. The highest BCUT2D eigenvalue weighted by atomic mass is 15.2. The van der Waals surface area contributed by atoms with Crippen LogP contribution in [-0.4, -0.2) is 13.1 Å². The van der Waals surface area contributed by atoms with Gasteiger partial charge in [0, 0.05) is 24.7 Å². The predicted octanol–water partition coefficient (Wildman–Crippen LogP) is 3.78. The Morgan fingerprint density at radius 1 is 1.00 bits per heavy atom. The third-order valence-corrected chi connectivity index (χ3v) is 4.12. The number of nitrogens with zero attached hydrogens (tertiary/aromatic N) is 1. The van der Waals surface area contributed by atoms with Crippen molar-refractivity contribution >= 4 is 16.5 Å². The first kappa shape index (κ1) is 9.71. The van der Waals surface area contributed by atoms with E-state index in [-0.39, 0.29) is 0 Å². The van der Waals surface area contributed by atoms with Crippen LogP contribution in [-0.2, 0) is 0 Å². The minimum Gasteiger partial charge on any atom is -0.371 e. The van der Waals surface area contributed by atoms with E-state index in [2.05, 4.69) is 62.2 Å². The molecule has 1 aliphatic heterocycles. The summed E-state index contributed by atoms with van der Waals surface area (Å²) in [6, 6.07) is 13.8. The van der Waals surface area contributed by atoms with Gasteiger partial charge in [-0.3, -0.25) is 0 Å². The molecule has 1 heteroatoms. The Labute approximate surface area is 96.7 Å². The molecule has 2 aromatic rings. The summed E-state index contributed by atoms with van der Waals surface area (Å²) in [4.78, 5) is 2.40. The van der Waals surface area contributed by atoms with Crippen LogP contribution in [0.3, 0.4) is 0 Å². The first-order valence-electron chi connectivity index (χ1n) is 5.94. The maximum Gasteiger partial charge on any atom is 0.0408 e. The van der Waals surface area contributed by atoms with Crippen molar-refractivity contribution in [2.75, 3.05) is 11.9 Å². The van der Waals surface area contributed by atoms with Crippen molar-refractivity contribution < 1.29 is 0 Å². The second-order valence-electron chi connectivity index (χ2n) is 4.86. The van der Waals surface area contributed by atoms with Crippen LogP contribution in [0.1, 0.15) is 25.3 Å². The molecule has 1 nitrogen and oxygen atoms in total. The Morgan fingerprint density at radius 2 is 1.75 bits per heavy atom. The molecule has 82 valence electrons. The molecule has 0 saturated carbocycles. The monoisotopic (exact) mass is 211 g/mol. The van der Waals surface area contributed by atoms with E-state index in [1.807, 2.05) is 0 Å². The van der Waals surface area contributed by atoms with Crippen LogP contribution in [0.25, 0.3) is 10.8 Å². The maximum absolute atomic E-state index is 2.40. The molecule has 16 heavy (non-hydrogen) atoms. The molecule has 0 aliphatic carbocycles. The number of hydrogen-bond donors (Lipinski definition) is 0. The number of likely N-dealkylation sites (N-methyl/N-ethyl adjacent to an activating group) is 1. The van der Waals surface area contributed by atoms with Crippen LogP contribution in [0.5, 0.6) is 0 Å². The van der Waals surface area contributed by atoms with Crippen LogP contribution >= 0.6 is 0 Å². The fraction of sp³-hybridized carbons (Fsp3) is 0.333. The Morgan fingerprint density at radius 3 is 2.56 bits per heavy atom. The highest BCUT2D eigenvalue weighted by molar-refractivity contribution is 5.92. The van der Waals surface area contributed by atoms with E-state index < -0.39 is 0 Å². The van der Waals surface area contributed by atoms with Gasteiger partial charge in [0.05, 0.1) is 0 Å². The fourth-order valence-electron chi connectivity index (χ4n) is 2.87. The number of rotatable bonds is 0. The standard InChI is InChI=1S/C15H17N/c1-10-11(2)16(3)14-9-8-12-6-4-5-7-13(12)15(10)14/h4-11H,1-3H3/t10-,11-/m0/s1. The number of hydrogen-bond acceptors (Lipinski definition) is 1. The van der Waals surface area contributed by atoms with Crippen molar-refractivity contribution in [3.05, 3.63) is 42.0 Å². The molecular weight excluding hydrogens is 194 g/mol. The lowest BCUT2D eigenvalue weighted by molar-refractivity contribution is 0.628. The van der Waals surface area contributed by atoms with Crippen molar-refractivity contribution in [1.29, 1.82) is 0 Å². The molecular formula is C15H17N. The molecule has 0 radical (unpaired) electrons. The van der Waals surface area contributed by atoms with E-state index in [9.17, 15) is 0 Å². The lowest BCUT2D eigenvalue weighted by atomic mass is 9.93. The van der Waals surface area contributed by atoms with E-state index in [0.29, 0.717) is 12.0 Å². The molecule has 0 saturated heterocycles. The Hall–Kier alpha value is -1.50. The normalized spacial score (nSPS) is 23.8. The molecule has 3 rings (SSSR count). The van der Waals surface area contributed by atoms with Gasteiger partial charge in [-0.2, -0.15) is 0 Å². The van der Waals surface area contributed by atoms with Gasteiger partial charge in [-0.1, -0.05) is 37.3 Å². The number of anilines is 1. The average molecular weight is 211 g/mol. The molecule has 0 amide bonds. The van der Waals surface area contributed by atoms with E-state index >= 15 is 0 Å². The van der Waals surface area contributed by atoms with Crippen molar-refractivity contribution in [2.24, 2.45) is 0 Å². The van der Waals surface area contributed by atoms with Gasteiger partial charge in [0.15, 0.2) is 0 Å². The van der Waals surface area contributed by atoms with Crippen LogP contribution in [0.15, 0.2) is 36.4 Å². The van der Waals surface area contributed by atoms with Crippen molar-refractivity contribution in [3.63, 3.8) is 0 Å². The van der Waals surface area contributed by atoms with Gasteiger partial charge >= 0.3 is 0 Å². The van der Waals surface area contributed by atoms with Crippen LogP contribution < -0.4 is 4.90 Å². The molecule has 0 aromatic heterocycles. The van der Waals surface area contributed by atoms with Gasteiger partial charge in [-0.25, -0.2) is 0 Å². The summed E-state index contributed by atoms with van der Waals surface area (Å²) in [5.41, 5.74) is 2.92. The molecule has 0 spiro atoms. The summed E-state index contributed by atoms with van der Waals surface area (Å²) in [6.45, 7) is 4.64. The molecule has 0 unspecified atom stereocenters. The largest absolute Gasteiger partial charge is 0.371 e. The topological polar surface area (TPSA) is 3.24 Å². The maximum atomic E-state index is 2.40. The predicted molar refractivity (Wildman–Crippen MR) is 70.2 cm³/mol. The van der Waals surface area contributed by atoms with E-state index in [4.69, 9.17) is 0 Å². The molecule has 1 aliphatic rings. The van der Waals surface area contributed by atoms with Crippen molar-refractivity contribution in [3.8, 4) is 0 Å². The smallest absolute Gasteiger partial charge is 0.0408 e. The molecule has 0 fully saturated rings.